The van der Waals surface area contributed by atoms with Crippen molar-refractivity contribution in [3.05, 3.63) is 45.6 Å². The number of ether oxygens (including phenoxy) is 1. The number of methoxy groups -OCH3 is 1. The molecule has 0 aliphatic carbocycles. The van der Waals surface area contributed by atoms with E-state index in [0.29, 0.717) is 5.75 Å². The number of fused-ring (bicyclic) bond motifs is 1. The number of phenolic OH excluding ortho intramolecular Hbond substituents is 1. The van der Waals surface area contributed by atoms with Crippen molar-refractivity contribution in [1.29, 1.82) is 0 Å². The lowest BCUT2D eigenvalue weighted by Crippen LogP contribution is -2.32. The summed E-state index contributed by atoms with van der Waals surface area (Å²) in [6.07, 6.45) is 2.11. The van der Waals surface area contributed by atoms with Crippen molar-refractivity contribution in [3.63, 3.8) is 0 Å². The predicted molar refractivity (Wildman–Crippen MR) is 81.7 cm³/mol. The highest BCUT2D eigenvalue weighted by atomic mass is 32.1. The van der Waals surface area contributed by atoms with Gasteiger partial charge in [0, 0.05) is 24.5 Å². The Bertz CT molecular complexity index is 580. The third-order valence-corrected chi connectivity index (χ3v) is 4.78. The van der Waals surface area contributed by atoms with E-state index in [1.54, 1.807) is 7.11 Å². The van der Waals surface area contributed by atoms with Crippen LogP contribution in [0, 0.1) is 0 Å². The van der Waals surface area contributed by atoms with Gasteiger partial charge in [-0.15, -0.1) is 11.3 Å². The predicted octanol–water partition coefficient (Wildman–Crippen LogP) is 3.06. The molecule has 0 unspecified atom stereocenters. The van der Waals surface area contributed by atoms with E-state index in [1.807, 2.05) is 23.5 Å². The molecule has 0 atom stereocenters. The summed E-state index contributed by atoms with van der Waals surface area (Å²) in [6, 6.07) is 8.13. The summed E-state index contributed by atoms with van der Waals surface area (Å²) < 4.78 is 5.20. The quantitative estimate of drug-likeness (QED) is 0.939. The highest BCUT2D eigenvalue weighted by molar-refractivity contribution is 7.09. The molecular weight excluding hydrogens is 270 g/mol. The molecule has 3 nitrogen and oxygen atoms in total. The molecule has 1 N–H and O–H groups in total. The largest absolute Gasteiger partial charge is 0.504 e. The fourth-order valence-electron chi connectivity index (χ4n) is 2.71. The van der Waals surface area contributed by atoms with Gasteiger partial charge in [0.15, 0.2) is 11.5 Å². The fraction of sp³-hybridized carbons (Fsp3) is 0.375. The van der Waals surface area contributed by atoms with Crippen LogP contribution in [0.2, 0.25) is 0 Å². The highest BCUT2D eigenvalue weighted by Gasteiger charge is 2.18. The van der Waals surface area contributed by atoms with Crippen molar-refractivity contribution in [2.24, 2.45) is 0 Å². The van der Waals surface area contributed by atoms with Gasteiger partial charge in [-0.25, -0.2) is 0 Å². The second kappa shape index (κ2) is 5.85. The van der Waals surface area contributed by atoms with Crippen LogP contribution < -0.4 is 4.74 Å². The normalized spacial score (nSPS) is 15.1. The molecule has 20 heavy (non-hydrogen) atoms. The molecule has 0 saturated carbocycles. The average Bonchev–Trinajstić information content (AvgIpc) is 2.97. The minimum Gasteiger partial charge on any atom is -0.504 e. The van der Waals surface area contributed by atoms with E-state index < -0.39 is 0 Å². The molecule has 0 spiro atoms. The Morgan fingerprint density at radius 3 is 3.00 bits per heavy atom. The van der Waals surface area contributed by atoms with Crippen molar-refractivity contribution in [2.45, 2.75) is 19.4 Å². The van der Waals surface area contributed by atoms with Gasteiger partial charge < -0.3 is 9.84 Å². The lowest BCUT2D eigenvalue weighted by molar-refractivity contribution is 0.256. The molecule has 0 fully saturated rings. The number of hydrogen-bond acceptors (Lipinski definition) is 4. The molecule has 3 rings (SSSR count). The van der Waals surface area contributed by atoms with Gasteiger partial charge >= 0.3 is 0 Å². The topological polar surface area (TPSA) is 32.7 Å². The second-order valence-electron chi connectivity index (χ2n) is 5.15. The minimum atomic E-state index is 0.248. The van der Waals surface area contributed by atoms with Gasteiger partial charge in [-0.05, 0) is 47.5 Å². The van der Waals surface area contributed by atoms with Crippen LogP contribution >= 0.6 is 11.3 Å². The second-order valence-corrected chi connectivity index (χ2v) is 6.18. The van der Waals surface area contributed by atoms with Crippen LogP contribution in [0.4, 0.5) is 0 Å². The number of phenols is 1. The van der Waals surface area contributed by atoms with E-state index in [1.165, 1.54) is 16.0 Å². The molecule has 1 aliphatic heterocycles. The standard InChI is InChI=1S/C16H19NO2S/c1-19-16-10-13-11-17(6-4-12(13)9-15(16)18)7-5-14-3-2-8-20-14/h2-3,8-10,18H,4-7,11H2,1H3. The van der Waals surface area contributed by atoms with E-state index in [2.05, 4.69) is 22.4 Å². The van der Waals surface area contributed by atoms with Crippen LogP contribution in [-0.4, -0.2) is 30.2 Å². The van der Waals surface area contributed by atoms with Crippen LogP contribution in [0.15, 0.2) is 29.6 Å². The zero-order chi connectivity index (χ0) is 13.9. The Balaban J connectivity index is 1.68. The SMILES string of the molecule is COc1cc2c(cc1O)CCN(CCc1cccs1)C2. The minimum absolute atomic E-state index is 0.248. The van der Waals surface area contributed by atoms with E-state index in [-0.39, 0.29) is 5.75 Å². The van der Waals surface area contributed by atoms with Crippen molar-refractivity contribution < 1.29 is 9.84 Å². The zero-order valence-electron chi connectivity index (χ0n) is 11.6. The summed E-state index contributed by atoms with van der Waals surface area (Å²) in [4.78, 5) is 3.91. The molecule has 4 heteroatoms. The summed E-state index contributed by atoms with van der Waals surface area (Å²) in [5.74, 6) is 0.821. The van der Waals surface area contributed by atoms with Gasteiger partial charge in [-0.1, -0.05) is 6.07 Å². The monoisotopic (exact) mass is 289 g/mol. The lowest BCUT2D eigenvalue weighted by Gasteiger charge is -2.29. The Kier molecular flexibility index (Phi) is 3.94. The Labute approximate surface area is 123 Å². The number of thiophene rings is 1. The summed E-state index contributed by atoms with van der Waals surface area (Å²) in [6.45, 7) is 3.09. The lowest BCUT2D eigenvalue weighted by atomic mass is 9.98. The van der Waals surface area contributed by atoms with Gasteiger partial charge in [-0.2, -0.15) is 0 Å². The summed E-state index contributed by atoms with van der Waals surface area (Å²) in [7, 11) is 1.60. The number of aromatic hydroxyl groups is 1. The molecule has 1 aromatic heterocycles. The van der Waals surface area contributed by atoms with Crippen LogP contribution in [0.3, 0.4) is 0 Å². The molecule has 1 aromatic carbocycles. The third-order valence-electron chi connectivity index (χ3n) is 3.85. The van der Waals surface area contributed by atoms with Crippen molar-refractivity contribution in [3.8, 4) is 11.5 Å². The van der Waals surface area contributed by atoms with Crippen LogP contribution in [-0.2, 0) is 19.4 Å². The van der Waals surface area contributed by atoms with Crippen LogP contribution in [0.5, 0.6) is 11.5 Å². The third kappa shape index (κ3) is 2.81. The molecular formula is C16H19NO2S. The average molecular weight is 289 g/mol. The first kappa shape index (κ1) is 13.5. The maximum Gasteiger partial charge on any atom is 0.160 e. The fourth-order valence-corrected chi connectivity index (χ4v) is 3.41. The van der Waals surface area contributed by atoms with Crippen molar-refractivity contribution in [2.75, 3.05) is 20.2 Å². The zero-order valence-corrected chi connectivity index (χ0v) is 12.4. The Hall–Kier alpha value is -1.52. The first-order chi connectivity index (χ1) is 9.76. The molecule has 1 aliphatic rings. The highest BCUT2D eigenvalue weighted by Crippen LogP contribution is 2.32. The van der Waals surface area contributed by atoms with Crippen molar-refractivity contribution in [1.82, 2.24) is 4.90 Å². The van der Waals surface area contributed by atoms with Gasteiger partial charge in [0.05, 0.1) is 7.11 Å². The van der Waals surface area contributed by atoms with E-state index in [0.717, 1.165) is 32.5 Å². The smallest absolute Gasteiger partial charge is 0.160 e. The molecule has 0 saturated heterocycles. The number of nitrogens with zero attached hydrogens (tertiary/aromatic N) is 1. The first-order valence-electron chi connectivity index (χ1n) is 6.90. The molecule has 0 radical (unpaired) electrons. The maximum atomic E-state index is 9.82. The number of rotatable bonds is 4. The summed E-state index contributed by atoms with van der Waals surface area (Å²) in [5.41, 5.74) is 2.52. The molecule has 106 valence electrons. The van der Waals surface area contributed by atoms with Gasteiger partial charge in [0.25, 0.3) is 0 Å². The Morgan fingerprint density at radius 2 is 2.25 bits per heavy atom. The number of benzene rings is 1. The van der Waals surface area contributed by atoms with E-state index in [4.69, 9.17) is 4.74 Å². The molecule has 0 amide bonds. The van der Waals surface area contributed by atoms with Gasteiger partial charge in [0.2, 0.25) is 0 Å². The maximum absolute atomic E-state index is 9.82. The molecule has 2 aromatic rings. The van der Waals surface area contributed by atoms with Crippen molar-refractivity contribution >= 4 is 11.3 Å². The van der Waals surface area contributed by atoms with Gasteiger partial charge in [-0.3, -0.25) is 4.90 Å². The first-order valence-corrected chi connectivity index (χ1v) is 7.77. The molecule has 2 heterocycles. The van der Waals surface area contributed by atoms with Crippen LogP contribution in [0.25, 0.3) is 0 Å². The molecule has 0 bridgehead atoms. The summed E-state index contributed by atoms with van der Waals surface area (Å²) in [5, 5.41) is 12.0. The van der Waals surface area contributed by atoms with Gasteiger partial charge in [0.1, 0.15) is 0 Å². The Morgan fingerprint density at radius 1 is 1.35 bits per heavy atom. The van der Waals surface area contributed by atoms with Crippen LogP contribution in [0.1, 0.15) is 16.0 Å². The van der Waals surface area contributed by atoms with E-state index in [9.17, 15) is 5.11 Å². The summed E-state index contributed by atoms with van der Waals surface area (Å²) >= 11 is 1.83. The van der Waals surface area contributed by atoms with E-state index >= 15 is 0 Å². The number of hydrogen-bond donors (Lipinski definition) is 1.